The fourth-order valence-corrected chi connectivity index (χ4v) is 1.53. The predicted octanol–water partition coefficient (Wildman–Crippen LogP) is 1.37. The van der Waals surface area contributed by atoms with Gasteiger partial charge in [-0.3, -0.25) is 4.79 Å². The number of hydrogen-bond donors (Lipinski definition) is 1. The number of hydrogen-bond acceptors (Lipinski definition) is 2. The molecule has 17 heavy (non-hydrogen) atoms. The lowest BCUT2D eigenvalue weighted by molar-refractivity contribution is -0.130. The van der Waals surface area contributed by atoms with Crippen molar-refractivity contribution in [2.75, 3.05) is 13.6 Å². The van der Waals surface area contributed by atoms with Gasteiger partial charge in [0.05, 0.1) is 6.54 Å². The maximum atomic E-state index is 11.5. The van der Waals surface area contributed by atoms with Gasteiger partial charge in [-0.15, -0.1) is 0 Å². The van der Waals surface area contributed by atoms with E-state index in [-0.39, 0.29) is 5.91 Å². The molecule has 0 spiro atoms. The fourth-order valence-electron chi connectivity index (χ4n) is 1.53. The van der Waals surface area contributed by atoms with E-state index in [0.717, 1.165) is 11.1 Å². The second-order valence-electron chi connectivity index (χ2n) is 3.81. The third-order valence-electron chi connectivity index (χ3n) is 2.41. The maximum Gasteiger partial charge on any atom is 0.222 e. The summed E-state index contributed by atoms with van der Waals surface area (Å²) in [4.78, 5) is 13.2. The van der Waals surface area contributed by atoms with Crippen LogP contribution in [0.3, 0.4) is 0 Å². The number of amides is 1. The van der Waals surface area contributed by atoms with Gasteiger partial charge in [0, 0.05) is 25.6 Å². The number of rotatable bonds is 3. The first-order valence-corrected chi connectivity index (χ1v) is 5.69. The van der Waals surface area contributed by atoms with E-state index in [1.165, 1.54) is 0 Å². The van der Waals surface area contributed by atoms with Gasteiger partial charge in [0.15, 0.2) is 0 Å². The Balaban J connectivity index is 2.75. The molecule has 90 valence electrons. The van der Waals surface area contributed by atoms with Crippen molar-refractivity contribution < 1.29 is 4.79 Å². The highest BCUT2D eigenvalue weighted by molar-refractivity contribution is 5.75. The topological polar surface area (TPSA) is 46.3 Å². The highest BCUT2D eigenvalue weighted by Gasteiger charge is 2.06. The van der Waals surface area contributed by atoms with Crippen molar-refractivity contribution >= 4 is 5.91 Å². The average molecular weight is 230 g/mol. The molecule has 0 saturated carbocycles. The van der Waals surface area contributed by atoms with E-state index >= 15 is 0 Å². The molecule has 0 atom stereocenters. The number of nitrogens with two attached hydrogens (primary N) is 1. The van der Waals surface area contributed by atoms with Crippen molar-refractivity contribution in [1.82, 2.24) is 4.90 Å². The van der Waals surface area contributed by atoms with Gasteiger partial charge >= 0.3 is 0 Å². The van der Waals surface area contributed by atoms with Crippen LogP contribution < -0.4 is 5.73 Å². The smallest absolute Gasteiger partial charge is 0.222 e. The molecule has 0 aromatic heterocycles. The molecule has 1 aromatic carbocycles. The lowest BCUT2D eigenvalue weighted by Gasteiger charge is -2.16. The molecule has 0 saturated heterocycles. The van der Waals surface area contributed by atoms with Gasteiger partial charge in [0.25, 0.3) is 0 Å². The summed E-state index contributed by atoms with van der Waals surface area (Å²) in [5.41, 5.74) is 7.34. The molecule has 0 bridgehead atoms. The van der Waals surface area contributed by atoms with E-state index in [1.807, 2.05) is 38.2 Å². The Kier molecular flexibility index (Phi) is 5.25. The molecule has 0 radical (unpaired) electrons. The summed E-state index contributed by atoms with van der Waals surface area (Å²) in [6, 6.07) is 7.86. The zero-order chi connectivity index (χ0) is 12.7. The molecule has 0 aliphatic carbocycles. The molecule has 0 aliphatic heterocycles. The Labute approximate surface area is 103 Å². The van der Waals surface area contributed by atoms with Gasteiger partial charge in [-0.05, 0) is 17.7 Å². The van der Waals surface area contributed by atoms with Crippen LogP contribution in [-0.4, -0.2) is 24.4 Å². The summed E-state index contributed by atoms with van der Waals surface area (Å²) < 4.78 is 0. The second kappa shape index (κ2) is 6.72. The van der Waals surface area contributed by atoms with Crippen molar-refractivity contribution in [3.8, 4) is 11.8 Å². The molecule has 1 amide bonds. The average Bonchev–Trinajstić information content (AvgIpc) is 2.35. The van der Waals surface area contributed by atoms with Crippen LogP contribution in [0.25, 0.3) is 0 Å². The van der Waals surface area contributed by atoms with Crippen LogP contribution in [-0.2, 0) is 11.3 Å². The predicted molar refractivity (Wildman–Crippen MR) is 69.1 cm³/mol. The lowest BCUT2D eigenvalue weighted by Crippen LogP contribution is -2.25. The fraction of sp³-hybridized carbons (Fsp3) is 0.357. The Bertz CT molecular complexity index is 443. The van der Waals surface area contributed by atoms with Crippen molar-refractivity contribution in [3.05, 3.63) is 35.4 Å². The Morgan fingerprint density at radius 2 is 2.24 bits per heavy atom. The SMILES string of the molecule is CCC(=O)N(C)Cc1cccc(C#CCN)c1. The van der Waals surface area contributed by atoms with Gasteiger partial charge in [-0.1, -0.05) is 30.9 Å². The molecule has 0 fully saturated rings. The minimum atomic E-state index is 0.142. The van der Waals surface area contributed by atoms with Crippen LogP contribution in [0, 0.1) is 11.8 Å². The van der Waals surface area contributed by atoms with Crippen LogP contribution in [0.5, 0.6) is 0 Å². The molecule has 3 nitrogen and oxygen atoms in total. The number of benzene rings is 1. The van der Waals surface area contributed by atoms with Gasteiger partial charge in [0.1, 0.15) is 0 Å². The third kappa shape index (κ3) is 4.29. The highest BCUT2D eigenvalue weighted by atomic mass is 16.2. The third-order valence-corrected chi connectivity index (χ3v) is 2.41. The Hall–Kier alpha value is -1.79. The van der Waals surface area contributed by atoms with Crippen LogP contribution in [0.1, 0.15) is 24.5 Å². The van der Waals surface area contributed by atoms with Crippen LogP contribution >= 0.6 is 0 Å². The van der Waals surface area contributed by atoms with E-state index in [0.29, 0.717) is 19.5 Å². The lowest BCUT2D eigenvalue weighted by atomic mass is 10.1. The zero-order valence-electron chi connectivity index (χ0n) is 10.4. The first-order chi connectivity index (χ1) is 8.17. The molecule has 0 unspecified atom stereocenters. The molecule has 2 N–H and O–H groups in total. The number of nitrogens with zero attached hydrogens (tertiary/aromatic N) is 1. The molecular weight excluding hydrogens is 212 g/mol. The maximum absolute atomic E-state index is 11.5. The van der Waals surface area contributed by atoms with Gasteiger partial charge < -0.3 is 10.6 Å². The first kappa shape index (κ1) is 13.3. The molecule has 3 heteroatoms. The summed E-state index contributed by atoms with van der Waals surface area (Å²) in [5, 5.41) is 0. The van der Waals surface area contributed by atoms with Crippen LogP contribution in [0.4, 0.5) is 0 Å². The minimum Gasteiger partial charge on any atom is -0.341 e. The Morgan fingerprint density at radius 1 is 1.47 bits per heavy atom. The van der Waals surface area contributed by atoms with E-state index < -0.39 is 0 Å². The van der Waals surface area contributed by atoms with Crippen molar-refractivity contribution in [3.63, 3.8) is 0 Å². The van der Waals surface area contributed by atoms with E-state index in [1.54, 1.807) is 4.90 Å². The van der Waals surface area contributed by atoms with Gasteiger partial charge in [0.2, 0.25) is 5.91 Å². The summed E-state index contributed by atoms with van der Waals surface area (Å²) in [6.45, 7) is 2.84. The monoisotopic (exact) mass is 230 g/mol. The molecular formula is C14H18N2O. The summed E-state index contributed by atoms with van der Waals surface area (Å²) in [7, 11) is 1.81. The standard InChI is InChI=1S/C14H18N2O/c1-3-14(17)16(2)11-13-7-4-6-12(10-13)8-5-9-15/h4,6-7,10H,3,9,11,15H2,1-2H3. The normalized spacial score (nSPS) is 9.35. The summed E-state index contributed by atoms with van der Waals surface area (Å²) in [6.07, 6.45) is 0.531. The van der Waals surface area contributed by atoms with Gasteiger partial charge in [-0.2, -0.15) is 0 Å². The van der Waals surface area contributed by atoms with E-state index in [2.05, 4.69) is 11.8 Å². The molecule has 1 rings (SSSR count). The van der Waals surface area contributed by atoms with E-state index in [4.69, 9.17) is 5.73 Å². The zero-order valence-corrected chi connectivity index (χ0v) is 10.4. The molecule has 1 aromatic rings. The quantitative estimate of drug-likeness (QED) is 0.797. The second-order valence-corrected chi connectivity index (χ2v) is 3.81. The largest absolute Gasteiger partial charge is 0.341 e. The van der Waals surface area contributed by atoms with Crippen molar-refractivity contribution in [2.45, 2.75) is 19.9 Å². The first-order valence-electron chi connectivity index (χ1n) is 5.69. The van der Waals surface area contributed by atoms with Crippen LogP contribution in [0.2, 0.25) is 0 Å². The Morgan fingerprint density at radius 3 is 2.88 bits per heavy atom. The van der Waals surface area contributed by atoms with Crippen molar-refractivity contribution in [1.29, 1.82) is 0 Å². The number of carbonyl (C=O) groups excluding carboxylic acids is 1. The minimum absolute atomic E-state index is 0.142. The van der Waals surface area contributed by atoms with E-state index in [9.17, 15) is 4.79 Å². The molecule has 0 aliphatic rings. The van der Waals surface area contributed by atoms with Crippen LogP contribution in [0.15, 0.2) is 24.3 Å². The van der Waals surface area contributed by atoms with Crippen molar-refractivity contribution in [2.24, 2.45) is 5.73 Å². The summed E-state index contributed by atoms with van der Waals surface area (Å²) in [5.74, 6) is 5.94. The van der Waals surface area contributed by atoms with Gasteiger partial charge in [-0.25, -0.2) is 0 Å². The highest BCUT2D eigenvalue weighted by Crippen LogP contribution is 2.07. The number of carbonyl (C=O) groups is 1. The summed E-state index contributed by atoms with van der Waals surface area (Å²) >= 11 is 0. The molecule has 0 heterocycles.